The number of rotatable bonds is 4. The Morgan fingerprint density at radius 3 is 2.50 bits per heavy atom. The fourth-order valence-electron chi connectivity index (χ4n) is 1.48. The third-order valence-corrected chi connectivity index (χ3v) is 3.34. The van der Waals surface area contributed by atoms with Gasteiger partial charge in [-0.15, -0.1) is 0 Å². The number of aromatic carboxylic acids is 1. The zero-order valence-corrected chi connectivity index (χ0v) is 11.7. The van der Waals surface area contributed by atoms with Crippen molar-refractivity contribution in [1.29, 1.82) is 0 Å². The first-order chi connectivity index (χ1) is 9.58. The van der Waals surface area contributed by atoms with Gasteiger partial charge in [-0.1, -0.05) is 35.3 Å². The summed E-state index contributed by atoms with van der Waals surface area (Å²) in [5, 5.41) is 13.7. The normalized spacial score (nSPS) is 10.7. The molecule has 2 rings (SSSR count). The van der Waals surface area contributed by atoms with E-state index in [1.807, 2.05) is 0 Å². The van der Waals surface area contributed by atoms with Gasteiger partial charge in [0.1, 0.15) is 0 Å². The van der Waals surface area contributed by atoms with Crippen LogP contribution in [0.25, 0.3) is 0 Å². The molecule has 0 aromatic heterocycles. The number of hydrazone groups is 1. The minimum atomic E-state index is -0.967. The van der Waals surface area contributed by atoms with Crippen LogP contribution in [0.2, 0.25) is 10.0 Å². The molecule has 0 fully saturated rings. The topological polar surface area (TPSA) is 61.7 Å². The van der Waals surface area contributed by atoms with Crippen molar-refractivity contribution < 1.29 is 9.90 Å². The van der Waals surface area contributed by atoms with Crippen LogP contribution in [-0.2, 0) is 0 Å². The maximum Gasteiger partial charge on any atom is 0.335 e. The molecule has 0 radical (unpaired) electrons. The van der Waals surface area contributed by atoms with E-state index in [-0.39, 0.29) is 5.56 Å². The van der Waals surface area contributed by atoms with Crippen LogP contribution >= 0.6 is 23.2 Å². The Morgan fingerprint density at radius 1 is 1.15 bits per heavy atom. The molecule has 102 valence electrons. The Morgan fingerprint density at radius 2 is 1.85 bits per heavy atom. The van der Waals surface area contributed by atoms with Crippen molar-refractivity contribution in [3.8, 4) is 0 Å². The van der Waals surface area contributed by atoms with Crippen molar-refractivity contribution in [1.82, 2.24) is 0 Å². The lowest BCUT2D eigenvalue weighted by atomic mass is 10.2. The van der Waals surface area contributed by atoms with Crippen molar-refractivity contribution in [2.75, 3.05) is 5.43 Å². The zero-order chi connectivity index (χ0) is 14.5. The summed E-state index contributed by atoms with van der Waals surface area (Å²) in [6.07, 6.45) is 1.54. The van der Waals surface area contributed by atoms with Gasteiger partial charge in [-0.2, -0.15) is 5.10 Å². The first-order valence-corrected chi connectivity index (χ1v) is 6.40. The van der Waals surface area contributed by atoms with Crippen LogP contribution in [0.15, 0.2) is 47.6 Å². The molecule has 0 aliphatic heterocycles. The molecule has 20 heavy (non-hydrogen) atoms. The van der Waals surface area contributed by atoms with Gasteiger partial charge in [0, 0.05) is 5.56 Å². The van der Waals surface area contributed by atoms with Crippen LogP contribution in [0, 0.1) is 0 Å². The molecule has 0 heterocycles. The number of halogens is 2. The molecule has 2 aromatic rings. The number of anilines is 1. The van der Waals surface area contributed by atoms with Gasteiger partial charge in [0.05, 0.1) is 27.5 Å². The van der Waals surface area contributed by atoms with E-state index in [9.17, 15) is 4.79 Å². The smallest absolute Gasteiger partial charge is 0.335 e. The van der Waals surface area contributed by atoms with Crippen molar-refractivity contribution in [3.63, 3.8) is 0 Å². The first-order valence-electron chi connectivity index (χ1n) is 5.64. The highest BCUT2D eigenvalue weighted by molar-refractivity contribution is 6.43. The highest BCUT2D eigenvalue weighted by atomic mass is 35.5. The average Bonchev–Trinajstić information content (AvgIpc) is 2.44. The number of carbonyl (C=O) groups is 1. The summed E-state index contributed by atoms with van der Waals surface area (Å²) in [6, 6.07) is 11.5. The highest BCUT2D eigenvalue weighted by Crippen LogP contribution is 2.24. The number of benzene rings is 2. The molecule has 2 N–H and O–H groups in total. The minimum absolute atomic E-state index is 0.220. The highest BCUT2D eigenvalue weighted by Gasteiger charge is 2.02. The van der Waals surface area contributed by atoms with E-state index in [4.69, 9.17) is 28.3 Å². The Labute approximate surface area is 125 Å². The summed E-state index contributed by atoms with van der Waals surface area (Å²) in [6.45, 7) is 0. The quantitative estimate of drug-likeness (QED) is 0.659. The molecule has 0 amide bonds. The molecule has 0 aliphatic rings. The lowest BCUT2D eigenvalue weighted by Crippen LogP contribution is -1.96. The third kappa shape index (κ3) is 3.50. The van der Waals surface area contributed by atoms with E-state index in [0.717, 1.165) is 0 Å². The maximum atomic E-state index is 10.7. The van der Waals surface area contributed by atoms with Crippen molar-refractivity contribution >= 4 is 41.1 Å². The summed E-state index contributed by atoms with van der Waals surface area (Å²) >= 11 is 11.9. The first kappa shape index (κ1) is 14.4. The summed E-state index contributed by atoms with van der Waals surface area (Å²) in [5.41, 5.74) is 4.36. The van der Waals surface area contributed by atoms with Crippen molar-refractivity contribution in [2.45, 2.75) is 0 Å². The van der Waals surface area contributed by atoms with E-state index < -0.39 is 5.97 Å². The van der Waals surface area contributed by atoms with E-state index in [2.05, 4.69) is 10.5 Å². The molecular formula is C14H10Cl2N2O2. The average molecular weight is 309 g/mol. The predicted molar refractivity (Wildman–Crippen MR) is 81.1 cm³/mol. The van der Waals surface area contributed by atoms with E-state index in [1.165, 1.54) is 12.1 Å². The summed E-state index contributed by atoms with van der Waals surface area (Å²) in [5.74, 6) is -0.967. The SMILES string of the molecule is O=C(O)c1ccc(N/N=C\c2cccc(Cl)c2Cl)cc1. The van der Waals surface area contributed by atoms with Crippen LogP contribution in [-0.4, -0.2) is 17.3 Å². The molecular weight excluding hydrogens is 299 g/mol. The van der Waals surface area contributed by atoms with Crippen LogP contribution in [0.3, 0.4) is 0 Å². The number of carboxylic acids is 1. The fourth-order valence-corrected chi connectivity index (χ4v) is 1.84. The third-order valence-electron chi connectivity index (χ3n) is 2.51. The summed E-state index contributed by atoms with van der Waals surface area (Å²) in [4.78, 5) is 10.7. The van der Waals surface area contributed by atoms with E-state index in [0.29, 0.717) is 21.3 Å². The molecule has 2 aromatic carbocycles. The second-order valence-corrected chi connectivity index (χ2v) is 4.68. The maximum absolute atomic E-state index is 10.7. The van der Waals surface area contributed by atoms with Gasteiger partial charge in [0.2, 0.25) is 0 Å². The van der Waals surface area contributed by atoms with Gasteiger partial charge in [-0.3, -0.25) is 5.43 Å². The molecule has 0 saturated heterocycles. The Hall–Kier alpha value is -2.04. The Balaban J connectivity index is 2.06. The summed E-state index contributed by atoms with van der Waals surface area (Å²) in [7, 11) is 0. The van der Waals surface area contributed by atoms with Gasteiger partial charge in [0.25, 0.3) is 0 Å². The molecule has 0 atom stereocenters. The lowest BCUT2D eigenvalue weighted by molar-refractivity contribution is 0.0697. The van der Waals surface area contributed by atoms with Gasteiger partial charge in [-0.05, 0) is 30.3 Å². The second-order valence-electron chi connectivity index (χ2n) is 3.90. The lowest BCUT2D eigenvalue weighted by Gasteiger charge is -2.02. The number of nitrogens with one attached hydrogen (secondary N) is 1. The molecule has 0 aliphatic carbocycles. The van der Waals surface area contributed by atoms with Gasteiger partial charge >= 0.3 is 5.97 Å². The van der Waals surface area contributed by atoms with Crippen LogP contribution in [0.1, 0.15) is 15.9 Å². The van der Waals surface area contributed by atoms with Gasteiger partial charge in [-0.25, -0.2) is 4.79 Å². The Kier molecular flexibility index (Phi) is 4.61. The van der Waals surface area contributed by atoms with Crippen LogP contribution in [0.4, 0.5) is 5.69 Å². The van der Waals surface area contributed by atoms with Gasteiger partial charge in [0.15, 0.2) is 0 Å². The predicted octanol–water partition coefficient (Wildman–Crippen LogP) is 4.14. The number of carboxylic acid groups (broad SMARTS) is 1. The molecule has 6 heteroatoms. The molecule has 4 nitrogen and oxygen atoms in total. The standard InChI is InChI=1S/C14H10Cl2N2O2/c15-12-3-1-2-10(13(12)16)8-17-18-11-6-4-9(5-7-11)14(19)20/h1-8,18H,(H,19,20)/b17-8-. The monoisotopic (exact) mass is 308 g/mol. The van der Waals surface area contributed by atoms with E-state index in [1.54, 1.807) is 36.5 Å². The molecule has 0 saturated carbocycles. The van der Waals surface area contributed by atoms with E-state index >= 15 is 0 Å². The molecule has 0 spiro atoms. The molecule has 0 unspecified atom stereocenters. The number of nitrogens with zero attached hydrogens (tertiary/aromatic N) is 1. The van der Waals surface area contributed by atoms with Crippen molar-refractivity contribution in [3.05, 3.63) is 63.6 Å². The number of hydrogen-bond acceptors (Lipinski definition) is 3. The van der Waals surface area contributed by atoms with Crippen LogP contribution < -0.4 is 5.43 Å². The fraction of sp³-hybridized carbons (Fsp3) is 0. The largest absolute Gasteiger partial charge is 0.478 e. The minimum Gasteiger partial charge on any atom is -0.478 e. The Bertz CT molecular complexity index is 655. The zero-order valence-electron chi connectivity index (χ0n) is 10.2. The number of hydrogen-bond donors (Lipinski definition) is 2. The summed E-state index contributed by atoms with van der Waals surface area (Å²) < 4.78 is 0. The van der Waals surface area contributed by atoms with Crippen LogP contribution in [0.5, 0.6) is 0 Å². The molecule has 0 bridgehead atoms. The van der Waals surface area contributed by atoms with Crippen molar-refractivity contribution in [2.24, 2.45) is 5.10 Å². The second kappa shape index (κ2) is 6.41. The van der Waals surface area contributed by atoms with Gasteiger partial charge < -0.3 is 5.11 Å².